The van der Waals surface area contributed by atoms with Gasteiger partial charge in [-0.2, -0.15) is 0 Å². The van der Waals surface area contributed by atoms with Gasteiger partial charge >= 0.3 is 0 Å². The fraction of sp³-hybridized carbons (Fsp3) is 0.400. The van der Waals surface area contributed by atoms with Crippen molar-refractivity contribution in [3.05, 3.63) is 47.0 Å². The zero-order valence-electron chi connectivity index (χ0n) is 15.4. The van der Waals surface area contributed by atoms with Crippen LogP contribution in [0.15, 0.2) is 24.3 Å². The summed E-state index contributed by atoms with van der Waals surface area (Å²) in [5.41, 5.74) is 10.7. The zero-order chi connectivity index (χ0) is 18.8. The normalized spacial score (nSPS) is 13.6. The van der Waals surface area contributed by atoms with Crippen molar-refractivity contribution in [2.45, 2.75) is 32.2 Å². The monoisotopic (exact) mass is 361 g/mol. The molecule has 2 aromatic carbocycles. The van der Waals surface area contributed by atoms with Gasteiger partial charge in [0.2, 0.25) is 0 Å². The summed E-state index contributed by atoms with van der Waals surface area (Å²) in [6.07, 6.45) is 2.33. The molecule has 0 saturated heterocycles. The molecule has 26 heavy (non-hydrogen) atoms. The van der Waals surface area contributed by atoms with Crippen LogP contribution in [0.1, 0.15) is 36.8 Å². The molecule has 0 radical (unpaired) electrons. The molecule has 0 spiro atoms. The summed E-state index contributed by atoms with van der Waals surface area (Å²) in [4.78, 5) is 2.10. The molecule has 0 atom stereocenters. The van der Waals surface area contributed by atoms with Crippen LogP contribution >= 0.6 is 0 Å². The Kier molecular flexibility index (Phi) is 5.20. The van der Waals surface area contributed by atoms with Gasteiger partial charge < -0.3 is 20.7 Å². The molecule has 3 rings (SSSR count). The van der Waals surface area contributed by atoms with Crippen molar-refractivity contribution in [1.82, 2.24) is 0 Å². The molecule has 1 aliphatic carbocycles. The highest BCUT2D eigenvalue weighted by Crippen LogP contribution is 2.45. The topological polar surface area (TPSA) is 50.5 Å². The molecule has 0 aliphatic heterocycles. The Balaban J connectivity index is 1.93. The van der Waals surface area contributed by atoms with E-state index < -0.39 is 11.6 Å². The third kappa shape index (κ3) is 3.54. The van der Waals surface area contributed by atoms with Crippen molar-refractivity contribution in [3.63, 3.8) is 0 Å². The molecule has 3 N–H and O–H groups in total. The Bertz CT molecular complexity index is 783. The van der Waals surface area contributed by atoms with Gasteiger partial charge in [-0.3, -0.25) is 0 Å². The number of rotatable bonds is 7. The van der Waals surface area contributed by atoms with E-state index in [1.54, 1.807) is 0 Å². The first-order chi connectivity index (χ1) is 12.5. The number of halogens is 2. The maximum Gasteiger partial charge on any atom is 0.190 e. The summed E-state index contributed by atoms with van der Waals surface area (Å²) in [6.45, 7) is 3.33. The van der Waals surface area contributed by atoms with Crippen molar-refractivity contribution in [2.75, 3.05) is 36.7 Å². The zero-order valence-corrected chi connectivity index (χ0v) is 15.4. The van der Waals surface area contributed by atoms with Crippen LogP contribution in [0.5, 0.6) is 5.75 Å². The third-order valence-electron chi connectivity index (χ3n) is 4.90. The number of anilines is 3. The molecule has 0 unspecified atom stereocenters. The fourth-order valence-corrected chi connectivity index (χ4v) is 3.29. The van der Waals surface area contributed by atoms with Gasteiger partial charge in [-0.1, -0.05) is 6.07 Å². The van der Waals surface area contributed by atoms with Crippen LogP contribution in [0.2, 0.25) is 0 Å². The van der Waals surface area contributed by atoms with Crippen LogP contribution in [-0.2, 0) is 6.54 Å². The standard InChI is InChI=1S/C20H25F2N3O/c1-4-25(2)19-15(14(12-5-6-12)7-8-18(19)23)11-24-13-9-16(21)20(26-3)17(22)10-13/h7-10,12,24H,4-6,11,23H2,1-3H3. The van der Waals surface area contributed by atoms with Gasteiger partial charge in [0, 0.05) is 43.5 Å². The first-order valence-electron chi connectivity index (χ1n) is 8.85. The largest absolute Gasteiger partial charge is 0.491 e. The van der Waals surface area contributed by atoms with E-state index >= 15 is 0 Å². The first kappa shape index (κ1) is 18.3. The molecular weight excluding hydrogens is 336 g/mol. The molecule has 140 valence electrons. The lowest BCUT2D eigenvalue weighted by molar-refractivity contribution is 0.360. The second-order valence-corrected chi connectivity index (χ2v) is 6.69. The number of hydrogen-bond acceptors (Lipinski definition) is 4. The van der Waals surface area contributed by atoms with Crippen LogP contribution in [-0.4, -0.2) is 20.7 Å². The Morgan fingerprint density at radius 3 is 2.42 bits per heavy atom. The van der Waals surface area contributed by atoms with E-state index in [0.717, 1.165) is 30.6 Å². The summed E-state index contributed by atoms with van der Waals surface area (Å²) in [5.74, 6) is -1.28. The van der Waals surface area contributed by atoms with E-state index in [-0.39, 0.29) is 5.75 Å². The molecule has 1 saturated carbocycles. The summed E-state index contributed by atoms with van der Waals surface area (Å²) < 4.78 is 32.6. The van der Waals surface area contributed by atoms with E-state index in [1.165, 1.54) is 24.8 Å². The van der Waals surface area contributed by atoms with Crippen LogP contribution < -0.4 is 20.7 Å². The van der Waals surface area contributed by atoms with E-state index in [0.29, 0.717) is 23.8 Å². The molecule has 0 heterocycles. The number of methoxy groups -OCH3 is 1. The van der Waals surface area contributed by atoms with Crippen molar-refractivity contribution in [2.24, 2.45) is 0 Å². The molecule has 6 heteroatoms. The minimum atomic E-state index is -0.726. The predicted octanol–water partition coefficient (Wildman–Crippen LogP) is 4.50. The molecular formula is C20H25F2N3O. The number of hydrogen-bond donors (Lipinski definition) is 2. The van der Waals surface area contributed by atoms with E-state index in [9.17, 15) is 8.78 Å². The van der Waals surface area contributed by atoms with Crippen LogP contribution in [0.4, 0.5) is 25.8 Å². The maximum absolute atomic E-state index is 13.9. The molecule has 2 aromatic rings. The van der Waals surface area contributed by atoms with Gasteiger partial charge in [0.1, 0.15) is 0 Å². The smallest absolute Gasteiger partial charge is 0.190 e. The van der Waals surface area contributed by atoms with Gasteiger partial charge in [0.15, 0.2) is 17.4 Å². The molecule has 4 nitrogen and oxygen atoms in total. The number of benzene rings is 2. The summed E-state index contributed by atoms with van der Waals surface area (Å²) in [7, 11) is 3.24. The lowest BCUT2D eigenvalue weighted by Gasteiger charge is -2.25. The summed E-state index contributed by atoms with van der Waals surface area (Å²) >= 11 is 0. The average molecular weight is 361 g/mol. The predicted molar refractivity (Wildman–Crippen MR) is 102 cm³/mol. The Morgan fingerprint density at radius 1 is 1.23 bits per heavy atom. The summed E-state index contributed by atoms with van der Waals surface area (Å²) in [6, 6.07) is 6.51. The number of ether oxygens (including phenoxy) is 1. The van der Waals surface area contributed by atoms with Gasteiger partial charge in [-0.25, -0.2) is 8.78 Å². The number of nitrogen functional groups attached to an aromatic ring is 1. The van der Waals surface area contributed by atoms with Crippen molar-refractivity contribution >= 4 is 17.1 Å². The van der Waals surface area contributed by atoms with Crippen LogP contribution in [0, 0.1) is 11.6 Å². The Hall–Kier alpha value is -2.50. The lowest BCUT2D eigenvalue weighted by Crippen LogP contribution is -2.21. The highest BCUT2D eigenvalue weighted by Gasteiger charge is 2.28. The second-order valence-electron chi connectivity index (χ2n) is 6.69. The molecule has 0 bridgehead atoms. The van der Waals surface area contributed by atoms with E-state index in [4.69, 9.17) is 10.5 Å². The minimum Gasteiger partial charge on any atom is -0.491 e. The van der Waals surface area contributed by atoms with E-state index in [2.05, 4.69) is 23.2 Å². The molecule has 1 fully saturated rings. The van der Waals surface area contributed by atoms with Crippen LogP contribution in [0.25, 0.3) is 0 Å². The van der Waals surface area contributed by atoms with Crippen molar-refractivity contribution < 1.29 is 13.5 Å². The number of nitrogens with one attached hydrogen (secondary N) is 1. The SMILES string of the molecule is CCN(C)c1c(N)ccc(C2CC2)c1CNc1cc(F)c(OC)c(F)c1. The van der Waals surface area contributed by atoms with Gasteiger partial charge in [-0.05, 0) is 37.3 Å². The lowest BCUT2D eigenvalue weighted by atomic mass is 9.99. The van der Waals surface area contributed by atoms with Gasteiger partial charge in [0.25, 0.3) is 0 Å². The summed E-state index contributed by atoms with van der Waals surface area (Å²) in [5, 5.41) is 3.15. The number of nitrogens with two attached hydrogens (primary N) is 1. The van der Waals surface area contributed by atoms with Gasteiger partial charge in [-0.15, -0.1) is 0 Å². The fourth-order valence-electron chi connectivity index (χ4n) is 3.29. The van der Waals surface area contributed by atoms with Crippen molar-refractivity contribution in [1.29, 1.82) is 0 Å². The maximum atomic E-state index is 13.9. The third-order valence-corrected chi connectivity index (χ3v) is 4.90. The Morgan fingerprint density at radius 2 is 1.88 bits per heavy atom. The average Bonchev–Trinajstić information content (AvgIpc) is 3.44. The van der Waals surface area contributed by atoms with Gasteiger partial charge in [0.05, 0.1) is 18.5 Å². The Labute approximate surface area is 152 Å². The molecule has 1 aliphatic rings. The first-order valence-corrected chi connectivity index (χ1v) is 8.85. The minimum absolute atomic E-state index is 0.370. The van der Waals surface area contributed by atoms with Crippen molar-refractivity contribution in [3.8, 4) is 5.75 Å². The van der Waals surface area contributed by atoms with E-state index in [1.807, 2.05) is 13.1 Å². The number of nitrogens with zero attached hydrogens (tertiary/aromatic N) is 1. The second kappa shape index (κ2) is 7.40. The quantitative estimate of drug-likeness (QED) is 0.713. The highest BCUT2D eigenvalue weighted by atomic mass is 19.1. The van der Waals surface area contributed by atoms with Crippen LogP contribution in [0.3, 0.4) is 0 Å². The highest BCUT2D eigenvalue weighted by molar-refractivity contribution is 5.74. The molecule has 0 aromatic heterocycles. The molecule has 0 amide bonds.